The molecular formula is C22H25NO. The number of hydrogen-bond acceptors (Lipinski definition) is 2. The van der Waals surface area contributed by atoms with Crippen LogP contribution >= 0.6 is 0 Å². The van der Waals surface area contributed by atoms with Gasteiger partial charge in [-0.1, -0.05) is 66.1 Å². The van der Waals surface area contributed by atoms with Gasteiger partial charge in [0, 0.05) is 23.9 Å². The molecule has 24 heavy (non-hydrogen) atoms. The number of nitrogens with one attached hydrogen (secondary N) is 1. The fourth-order valence-corrected chi connectivity index (χ4v) is 4.41. The van der Waals surface area contributed by atoms with Crippen molar-refractivity contribution in [2.75, 3.05) is 0 Å². The number of benzene rings is 2. The predicted octanol–water partition coefficient (Wildman–Crippen LogP) is 4.67. The number of carbonyl (C=O) groups is 1. The summed E-state index contributed by atoms with van der Waals surface area (Å²) in [5.74, 6) is 0.734. The first-order valence-electron chi connectivity index (χ1n) is 9.06. The molecule has 0 amide bonds. The fourth-order valence-electron chi connectivity index (χ4n) is 4.41. The Morgan fingerprint density at radius 3 is 1.58 bits per heavy atom. The van der Waals surface area contributed by atoms with Crippen molar-refractivity contribution in [1.29, 1.82) is 0 Å². The molecule has 4 rings (SSSR count). The van der Waals surface area contributed by atoms with Gasteiger partial charge in [-0.15, -0.1) is 0 Å². The Kier molecular flexibility index (Phi) is 4.01. The number of rotatable bonds is 2. The molecule has 2 aromatic carbocycles. The molecule has 0 spiro atoms. The van der Waals surface area contributed by atoms with E-state index in [-0.39, 0.29) is 23.9 Å². The molecule has 1 aliphatic carbocycles. The quantitative estimate of drug-likeness (QED) is 0.871. The highest BCUT2D eigenvalue weighted by molar-refractivity contribution is 5.87. The number of hydrogen-bond donors (Lipinski definition) is 1. The summed E-state index contributed by atoms with van der Waals surface area (Å²) >= 11 is 0. The number of Topliss-reactive ketones (excluding diaryl/α,β-unsaturated/α-hetero) is 1. The highest BCUT2D eigenvalue weighted by Gasteiger charge is 2.46. The van der Waals surface area contributed by atoms with Crippen molar-refractivity contribution in [2.45, 2.75) is 45.2 Å². The predicted molar refractivity (Wildman–Crippen MR) is 96.8 cm³/mol. The summed E-state index contributed by atoms with van der Waals surface area (Å²) in [4.78, 5) is 13.1. The highest BCUT2D eigenvalue weighted by Crippen LogP contribution is 2.45. The van der Waals surface area contributed by atoms with Crippen molar-refractivity contribution < 1.29 is 4.79 Å². The first-order valence-corrected chi connectivity index (χ1v) is 9.06. The van der Waals surface area contributed by atoms with E-state index in [1.165, 1.54) is 22.3 Å². The molecule has 2 aliphatic rings. The van der Waals surface area contributed by atoms with Crippen molar-refractivity contribution in [3.05, 3.63) is 70.8 Å². The summed E-state index contributed by atoms with van der Waals surface area (Å²) < 4.78 is 0. The zero-order chi connectivity index (χ0) is 16.7. The van der Waals surface area contributed by atoms with Gasteiger partial charge in [0.25, 0.3) is 0 Å². The summed E-state index contributed by atoms with van der Waals surface area (Å²) in [5, 5.41) is 3.84. The smallest absolute Gasteiger partial charge is 0.142 e. The monoisotopic (exact) mass is 319 g/mol. The van der Waals surface area contributed by atoms with Crippen LogP contribution < -0.4 is 5.32 Å². The van der Waals surface area contributed by atoms with Gasteiger partial charge in [-0.25, -0.2) is 0 Å². The molecule has 0 radical (unpaired) electrons. The lowest BCUT2D eigenvalue weighted by molar-refractivity contribution is -0.135. The lowest BCUT2D eigenvalue weighted by atomic mass is 9.67. The maximum atomic E-state index is 13.1. The van der Waals surface area contributed by atoms with Crippen LogP contribution in [-0.2, 0) is 4.79 Å². The summed E-state index contributed by atoms with van der Waals surface area (Å²) in [6.07, 6.45) is 3.19. The van der Waals surface area contributed by atoms with Crippen LogP contribution in [0, 0.1) is 25.7 Å². The van der Waals surface area contributed by atoms with Gasteiger partial charge in [-0.3, -0.25) is 4.79 Å². The highest BCUT2D eigenvalue weighted by atomic mass is 16.1. The van der Waals surface area contributed by atoms with Gasteiger partial charge >= 0.3 is 0 Å². The molecular weight excluding hydrogens is 294 g/mol. The normalized spacial score (nSPS) is 29.5. The van der Waals surface area contributed by atoms with E-state index in [1.54, 1.807) is 0 Å². The molecule has 1 aliphatic heterocycles. The van der Waals surface area contributed by atoms with Crippen LogP contribution in [0.1, 0.15) is 53.6 Å². The first kappa shape index (κ1) is 15.6. The molecule has 2 aromatic rings. The maximum Gasteiger partial charge on any atom is 0.142 e. The van der Waals surface area contributed by atoms with Crippen LogP contribution in [0.2, 0.25) is 0 Å². The van der Waals surface area contributed by atoms with E-state index >= 15 is 0 Å². The van der Waals surface area contributed by atoms with Gasteiger partial charge < -0.3 is 5.32 Å². The van der Waals surface area contributed by atoms with Gasteiger partial charge in [0.1, 0.15) is 5.78 Å². The van der Waals surface area contributed by atoms with Crippen LogP contribution in [-0.4, -0.2) is 5.78 Å². The first-order chi connectivity index (χ1) is 11.6. The largest absolute Gasteiger partial charge is 0.302 e. The van der Waals surface area contributed by atoms with Gasteiger partial charge in [-0.05, 0) is 37.8 Å². The van der Waals surface area contributed by atoms with E-state index in [0.29, 0.717) is 5.78 Å². The van der Waals surface area contributed by atoms with Crippen molar-refractivity contribution in [1.82, 2.24) is 5.32 Å². The Bertz CT molecular complexity index is 670. The minimum atomic E-state index is 0.133. The molecule has 1 N–H and O–H groups in total. The minimum absolute atomic E-state index is 0.133. The van der Waals surface area contributed by atoms with Gasteiger partial charge in [0.15, 0.2) is 0 Å². The Balaban J connectivity index is 1.71. The summed E-state index contributed by atoms with van der Waals surface area (Å²) in [6, 6.07) is 17.6. The second-order valence-electron chi connectivity index (χ2n) is 7.49. The molecule has 2 heteroatoms. The molecule has 1 heterocycles. The summed E-state index contributed by atoms with van der Waals surface area (Å²) in [6.45, 7) is 4.21. The van der Waals surface area contributed by atoms with Crippen LogP contribution in [0.3, 0.4) is 0 Å². The Labute approximate surface area is 144 Å². The third kappa shape index (κ3) is 2.69. The van der Waals surface area contributed by atoms with E-state index in [4.69, 9.17) is 0 Å². The van der Waals surface area contributed by atoms with Crippen LogP contribution in [0.4, 0.5) is 0 Å². The molecule has 1 saturated carbocycles. The van der Waals surface area contributed by atoms with Crippen LogP contribution in [0.25, 0.3) is 0 Å². The Morgan fingerprint density at radius 1 is 0.750 bits per heavy atom. The third-order valence-electron chi connectivity index (χ3n) is 5.80. The molecule has 0 unspecified atom stereocenters. The summed E-state index contributed by atoms with van der Waals surface area (Å²) in [7, 11) is 0. The second-order valence-corrected chi connectivity index (χ2v) is 7.49. The standard InChI is InChI=1S/C22H25NO/c1-14-6-10-16(11-7-14)20-18-4-3-5-19(22(18)24)21(23-20)17-12-8-15(2)9-13-17/h6-13,18-21,23H,3-5H2,1-2H3/t18-,19-,20-,21+/m1/s1. The number of aryl methyl sites for hydroxylation is 2. The zero-order valence-electron chi connectivity index (χ0n) is 14.5. The van der Waals surface area contributed by atoms with Crippen LogP contribution in [0.5, 0.6) is 0 Å². The zero-order valence-corrected chi connectivity index (χ0v) is 14.5. The Hall–Kier alpha value is -1.93. The van der Waals surface area contributed by atoms with Crippen molar-refractivity contribution >= 4 is 5.78 Å². The second kappa shape index (κ2) is 6.18. The molecule has 2 fully saturated rings. The number of ketones is 1. The average Bonchev–Trinajstić information content (AvgIpc) is 2.57. The summed E-state index contributed by atoms with van der Waals surface area (Å²) in [5.41, 5.74) is 5.02. The van der Waals surface area contributed by atoms with E-state index in [1.807, 2.05) is 0 Å². The van der Waals surface area contributed by atoms with Crippen LogP contribution in [0.15, 0.2) is 48.5 Å². The molecule has 0 aromatic heterocycles. The lowest BCUT2D eigenvalue weighted by Gasteiger charge is -2.45. The third-order valence-corrected chi connectivity index (χ3v) is 5.80. The SMILES string of the molecule is Cc1ccc([C@H]2N[C@@H](c3ccc(C)cc3)[C@H]3CCC[C@H]2C3=O)cc1. The van der Waals surface area contributed by atoms with Gasteiger partial charge in [0.2, 0.25) is 0 Å². The van der Waals surface area contributed by atoms with E-state index in [2.05, 4.69) is 67.7 Å². The Morgan fingerprint density at radius 2 is 1.17 bits per heavy atom. The van der Waals surface area contributed by atoms with Crippen molar-refractivity contribution in [3.63, 3.8) is 0 Å². The van der Waals surface area contributed by atoms with Crippen molar-refractivity contribution in [3.8, 4) is 0 Å². The van der Waals surface area contributed by atoms with E-state index < -0.39 is 0 Å². The molecule has 2 nitrogen and oxygen atoms in total. The number of piperidine rings is 1. The molecule has 124 valence electrons. The topological polar surface area (TPSA) is 29.1 Å². The molecule has 4 atom stereocenters. The van der Waals surface area contributed by atoms with Gasteiger partial charge in [-0.2, -0.15) is 0 Å². The fraction of sp³-hybridized carbons (Fsp3) is 0.409. The lowest BCUT2D eigenvalue weighted by Crippen LogP contribution is -2.50. The maximum absolute atomic E-state index is 13.1. The van der Waals surface area contributed by atoms with Crippen molar-refractivity contribution in [2.24, 2.45) is 11.8 Å². The average molecular weight is 319 g/mol. The molecule has 2 bridgehead atoms. The van der Waals surface area contributed by atoms with Gasteiger partial charge in [0.05, 0.1) is 0 Å². The minimum Gasteiger partial charge on any atom is -0.302 e. The van der Waals surface area contributed by atoms with E-state index in [9.17, 15) is 4.79 Å². The number of fused-ring (bicyclic) bond motifs is 2. The molecule has 1 saturated heterocycles. The number of carbonyl (C=O) groups excluding carboxylic acids is 1. The van der Waals surface area contributed by atoms with E-state index in [0.717, 1.165) is 19.3 Å².